The summed E-state index contributed by atoms with van der Waals surface area (Å²) in [7, 11) is 0. The maximum atomic E-state index is 13.9. The Morgan fingerprint density at radius 3 is 2.30 bits per heavy atom. The van der Waals surface area contributed by atoms with Gasteiger partial charge in [-0.3, -0.25) is 4.98 Å². The number of benzene rings is 1. The normalized spacial score (nSPS) is 17.9. The second kappa shape index (κ2) is 18.3. The molecule has 3 rings (SSSR count). The van der Waals surface area contributed by atoms with Crippen LogP contribution in [0.5, 0.6) is 5.75 Å². The van der Waals surface area contributed by atoms with Crippen molar-refractivity contribution < 1.29 is 18.7 Å². The van der Waals surface area contributed by atoms with Gasteiger partial charge in [-0.1, -0.05) is 89.3 Å². The van der Waals surface area contributed by atoms with Crippen LogP contribution >= 0.6 is 11.6 Å². The highest BCUT2D eigenvalue weighted by Gasteiger charge is 2.27. The standard InChI is InChI=1S/C34H49ClFNO3/c1-3-5-7-8-9-10-11-12-13-26-17-21-32(37-24-26)28-18-22-33(30(35)23-28)39-25-27-15-19-29(20-16-27)40-34(38)31(36)14-6-4-2/h17-18,21-24,27,29,31H,3-16,19-20,25H2,1-2H3/t27-,29-,31-/m0/s1. The van der Waals surface area contributed by atoms with Crippen molar-refractivity contribution in [3.05, 3.63) is 47.1 Å². The van der Waals surface area contributed by atoms with E-state index in [1.807, 2.05) is 31.3 Å². The lowest BCUT2D eigenvalue weighted by Crippen LogP contribution is -2.30. The number of rotatable bonds is 18. The van der Waals surface area contributed by atoms with Gasteiger partial charge in [-0.15, -0.1) is 0 Å². The van der Waals surface area contributed by atoms with E-state index in [1.54, 1.807) is 0 Å². The molecule has 1 saturated carbocycles. The molecule has 4 nitrogen and oxygen atoms in total. The highest BCUT2D eigenvalue weighted by Crippen LogP contribution is 2.32. The van der Waals surface area contributed by atoms with Crippen molar-refractivity contribution in [3.8, 4) is 17.0 Å². The Labute approximate surface area is 246 Å². The maximum Gasteiger partial charge on any atom is 0.340 e. The molecule has 1 aromatic carbocycles. The smallest absolute Gasteiger partial charge is 0.340 e. The van der Waals surface area contributed by atoms with Crippen LogP contribution in [0.4, 0.5) is 4.39 Å². The van der Waals surface area contributed by atoms with Gasteiger partial charge in [-0.05, 0) is 80.7 Å². The lowest BCUT2D eigenvalue weighted by atomic mass is 9.88. The van der Waals surface area contributed by atoms with Crippen LogP contribution in [0.3, 0.4) is 0 Å². The van der Waals surface area contributed by atoms with Crippen molar-refractivity contribution in [2.45, 2.75) is 129 Å². The zero-order valence-electron chi connectivity index (χ0n) is 24.6. The number of carbonyl (C=O) groups excluding carboxylic acids is 1. The molecule has 0 unspecified atom stereocenters. The molecule has 0 bridgehead atoms. The van der Waals surface area contributed by atoms with Crippen LogP contribution < -0.4 is 4.74 Å². The van der Waals surface area contributed by atoms with Crippen LogP contribution in [0, 0.1) is 5.92 Å². The fraction of sp³-hybridized carbons (Fsp3) is 0.647. The average molecular weight is 574 g/mol. The van der Waals surface area contributed by atoms with Gasteiger partial charge < -0.3 is 9.47 Å². The number of hydrogen-bond acceptors (Lipinski definition) is 4. The molecule has 1 aliphatic rings. The zero-order chi connectivity index (χ0) is 28.6. The summed E-state index contributed by atoms with van der Waals surface area (Å²) in [4.78, 5) is 16.6. The van der Waals surface area contributed by atoms with E-state index >= 15 is 0 Å². The monoisotopic (exact) mass is 573 g/mol. The van der Waals surface area contributed by atoms with Gasteiger partial charge in [0.2, 0.25) is 0 Å². The van der Waals surface area contributed by atoms with Crippen LogP contribution in [0.2, 0.25) is 5.02 Å². The summed E-state index contributed by atoms with van der Waals surface area (Å²) in [5, 5.41) is 0.575. The highest BCUT2D eigenvalue weighted by molar-refractivity contribution is 6.32. The van der Waals surface area contributed by atoms with Crippen LogP contribution in [-0.2, 0) is 16.0 Å². The molecule has 1 heterocycles. The topological polar surface area (TPSA) is 48.4 Å². The highest BCUT2D eigenvalue weighted by atomic mass is 35.5. The summed E-state index contributed by atoms with van der Waals surface area (Å²) in [6.07, 6.45) is 17.1. The zero-order valence-corrected chi connectivity index (χ0v) is 25.4. The number of alkyl halides is 1. The van der Waals surface area contributed by atoms with Crippen molar-refractivity contribution >= 4 is 17.6 Å². The Bertz CT molecular complexity index is 991. The lowest BCUT2D eigenvalue weighted by molar-refractivity contribution is -0.157. The molecule has 0 saturated heterocycles. The van der Waals surface area contributed by atoms with Crippen molar-refractivity contribution in [2.24, 2.45) is 5.92 Å². The van der Waals surface area contributed by atoms with E-state index in [9.17, 15) is 9.18 Å². The van der Waals surface area contributed by atoms with E-state index in [-0.39, 0.29) is 12.5 Å². The average Bonchev–Trinajstić information content (AvgIpc) is 2.97. The molecule has 1 aliphatic carbocycles. The molecular formula is C34H49ClFNO3. The number of aryl methyl sites for hydroxylation is 1. The van der Waals surface area contributed by atoms with E-state index in [0.29, 0.717) is 29.7 Å². The van der Waals surface area contributed by atoms with Crippen LogP contribution in [-0.4, -0.2) is 29.8 Å². The van der Waals surface area contributed by atoms with Crippen molar-refractivity contribution in [1.29, 1.82) is 0 Å². The van der Waals surface area contributed by atoms with Gasteiger partial charge in [0.15, 0.2) is 6.17 Å². The summed E-state index contributed by atoms with van der Waals surface area (Å²) >= 11 is 6.57. The van der Waals surface area contributed by atoms with Gasteiger partial charge in [-0.2, -0.15) is 0 Å². The van der Waals surface area contributed by atoms with E-state index < -0.39 is 12.1 Å². The molecular weight excluding hydrogens is 525 g/mol. The maximum absolute atomic E-state index is 13.9. The SMILES string of the molecule is CCCCCCCCCCc1ccc(-c2ccc(OC[C@H]3CC[C@H](OC(=O)[C@@H](F)CCCC)CC3)c(Cl)c2)nc1. The Morgan fingerprint density at radius 2 is 1.65 bits per heavy atom. The number of hydrogen-bond donors (Lipinski definition) is 0. The minimum atomic E-state index is -1.50. The predicted octanol–water partition coefficient (Wildman–Crippen LogP) is 10.1. The van der Waals surface area contributed by atoms with E-state index in [0.717, 1.165) is 49.8 Å². The Hall–Kier alpha value is -2.14. The summed E-state index contributed by atoms with van der Waals surface area (Å²) in [5.41, 5.74) is 3.17. The molecule has 1 atom stereocenters. The Balaban J connectivity index is 1.37. The third-order valence-corrected chi connectivity index (χ3v) is 8.28. The van der Waals surface area contributed by atoms with Gasteiger partial charge >= 0.3 is 5.97 Å². The molecule has 40 heavy (non-hydrogen) atoms. The number of carbonyl (C=O) groups is 1. The van der Waals surface area contributed by atoms with Gasteiger partial charge in [-0.25, -0.2) is 9.18 Å². The first-order valence-electron chi connectivity index (χ1n) is 15.7. The lowest BCUT2D eigenvalue weighted by Gasteiger charge is -2.28. The van der Waals surface area contributed by atoms with Crippen LogP contribution in [0.1, 0.15) is 116 Å². The number of esters is 1. The summed E-state index contributed by atoms with van der Waals surface area (Å²) in [6.45, 7) is 4.81. The molecule has 0 N–H and O–H groups in total. The second-order valence-electron chi connectivity index (χ2n) is 11.4. The van der Waals surface area contributed by atoms with E-state index in [4.69, 9.17) is 21.1 Å². The summed E-state index contributed by atoms with van der Waals surface area (Å²) in [5.74, 6) is 0.330. The molecule has 2 aromatic rings. The van der Waals surface area contributed by atoms with Crippen molar-refractivity contribution in [1.82, 2.24) is 4.98 Å². The first-order valence-corrected chi connectivity index (χ1v) is 16.1. The fourth-order valence-electron chi connectivity index (χ4n) is 5.35. The molecule has 1 aromatic heterocycles. The molecule has 6 heteroatoms. The third-order valence-electron chi connectivity index (χ3n) is 7.99. The van der Waals surface area contributed by atoms with E-state index in [1.165, 1.54) is 56.9 Å². The van der Waals surface area contributed by atoms with Crippen LogP contribution in [0.15, 0.2) is 36.5 Å². The van der Waals surface area contributed by atoms with Gasteiger partial charge in [0.25, 0.3) is 0 Å². The molecule has 0 spiro atoms. The third kappa shape index (κ3) is 11.4. The first-order chi connectivity index (χ1) is 19.5. The summed E-state index contributed by atoms with van der Waals surface area (Å²) < 4.78 is 25.4. The molecule has 0 radical (unpaired) electrons. The molecule has 0 aliphatic heterocycles. The van der Waals surface area contributed by atoms with Crippen molar-refractivity contribution in [2.75, 3.05) is 6.61 Å². The quantitative estimate of drug-likeness (QED) is 0.131. The van der Waals surface area contributed by atoms with Gasteiger partial charge in [0.1, 0.15) is 11.9 Å². The molecule has 1 fully saturated rings. The molecule has 0 amide bonds. The number of unbranched alkanes of at least 4 members (excludes halogenated alkanes) is 8. The Morgan fingerprint density at radius 1 is 0.950 bits per heavy atom. The largest absolute Gasteiger partial charge is 0.492 e. The van der Waals surface area contributed by atoms with Gasteiger partial charge in [0.05, 0.1) is 17.3 Å². The van der Waals surface area contributed by atoms with Crippen LogP contribution in [0.25, 0.3) is 11.3 Å². The summed E-state index contributed by atoms with van der Waals surface area (Å²) in [6, 6.07) is 10.1. The second-order valence-corrected chi connectivity index (χ2v) is 11.8. The predicted molar refractivity (Wildman–Crippen MR) is 163 cm³/mol. The minimum absolute atomic E-state index is 0.189. The minimum Gasteiger partial charge on any atom is -0.492 e. The Kier molecular flexibility index (Phi) is 14.8. The number of nitrogens with zero attached hydrogens (tertiary/aromatic N) is 1. The number of pyridine rings is 1. The number of halogens is 2. The van der Waals surface area contributed by atoms with Gasteiger partial charge in [0, 0.05) is 11.8 Å². The number of ether oxygens (including phenoxy) is 2. The molecule has 222 valence electrons. The van der Waals surface area contributed by atoms with E-state index in [2.05, 4.69) is 24.0 Å². The first kappa shape index (κ1) is 32.4. The fourth-order valence-corrected chi connectivity index (χ4v) is 5.58. The van der Waals surface area contributed by atoms with Crippen molar-refractivity contribution in [3.63, 3.8) is 0 Å². The number of aromatic nitrogens is 1.